The molecular weight excluding hydrogens is 1980 g/mol. The van der Waals surface area contributed by atoms with Crippen molar-refractivity contribution in [3.8, 4) is 0 Å². The molecule has 4 amide bonds. The van der Waals surface area contributed by atoms with Crippen molar-refractivity contribution in [1.29, 1.82) is 0 Å². The van der Waals surface area contributed by atoms with E-state index < -0.39 is 465 Å². The van der Waals surface area contributed by atoms with Crippen molar-refractivity contribution in [3.05, 3.63) is 0 Å². The minimum atomic E-state index is -2.71. The molecule has 0 unspecified atom stereocenters. The summed E-state index contributed by atoms with van der Waals surface area (Å²) in [5, 5.41) is 380. The maximum absolute atomic E-state index is 13.4. The molecule has 12 saturated heterocycles. The maximum atomic E-state index is 13.4. The first-order valence-electron chi connectivity index (χ1n) is 46.0. The van der Waals surface area contributed by atoms with E-state index in [0.717, 1.165) is 27.7 Å². The molecule has 0 aromatic heterocycles. The van der Waals surface area contributed by atoms with Gasteiger partial charge in [0.05, 0.1) is 78.8 Å². The summed E-state index contributed by atoms with van der Waals surface area (Å²) in [6, 6.07) is -8.05. The predicted octanol–water partition coefficient (Wildman–Crippen LogP) is -25.6. The summed E-state index contributed by atoms with van der Waals surface area (Å²) in [7, 11) is 0. The Balaban J connectivity index is 0.856. The van der Waals surface area contributed by atoms with Crippen LogP contribution in [0.2, 0.25) is 0 Å². The molecule has 12 rings (SSSR count). The molecule has 0 aliphatic carbocycles. The second kappa shape index (κ2) is 51.6. The van der Waals surface area contributed by atoms with Gasteiger partial charge >= 0.3 is 0 Å². The number of nitrogens with one attached hydrogen (secondary N) is 4. The summed E-state index contributed by atoms with van der Waals surface area (Å²) in [6.07, 6.45) is -120. The van der Waals surface area contributed by atoms with Gasteiger partial charge in [-0.3, -0.25) is 19.2 Å². The van der Waals surface area contributed by atoms with Gasteiger partial charge in [-0.05, 0) is 6.92 Å². The van der Waals surface area contributed by atoms with Crippen LogP contribution >= 0.6 is 0 Å². The number of ether oxygens (including phenoxy) is 23. The van der Waals surface area contributed by atoms with Crippen molar-refractivity contribution < 1.29 is 297 Å². The number of carbonyl (C=O) groups is 4. The third-order valence-corrected chi connectivity index (χ3v) is 26.6. The van der Waals surface area contributed by atoms with Gasteiger partial charge in [-0.2, -0.15) is 0 Å². The van der Waals surface area contributed by atoms with Gasteiger partial charge in [0.1, 0.15) is 287 Å². The highest BCUT2D eigenvalue weighted by Crippen LogP contribution is 2.43. The van der Waals surface area contributed by atoms with Crippen LogP contribution in [-0.2, 0) is 128 Å². The van der Waals surface area contributed by atoms with Crippen LogP contribution in [0.25, 0.3) is 0 Å². The molecule has 12 aliphatic heterocycles. The van der Waals surface area contributed by atoms with E-state index in [1.165, 1.54) is 6.92 Å². The Morgan fingerprint density at radius 3 is 0.778 bits per heavy atom. The number of rotatable bonds is 37. The van der Waals surface area contributed by atoms with Gasteiger partial charge in [0, 0.05) is 27.7 Å². The molecule has 144 heavy (non-hydrogen) atoms. The van der Waals surface area contributed by atoms with Crippen molar-refractivity contribution in [3.63, 3.8) is 0 Å². The fourth-order valence-corrected chi connectivity index (χ4v) is 18.7. The number of hydrogen-bond donors (Lipinski definition) is 37. The van der Waals surface area contributed by atoms with Gasteiger partial charge < -0.3 is 299 Å². The Morgan fingerprint density at radius 2 is 0.424 bits per heavy atom. The topological polar surface area (TPSA) is 996 Å². The van der Waals surface area contributed by atoms with E-state index in [1.807, 2.05) is 0 Å². The maximum Gasteiger partial charge on any atom is 0.217 e. The summed E-state index contributed by atoms with van der Waals surface area (Å²) in [5.74, 6) is -3.98. The Labute approximate surface area is 814 Å². The minimum Gasteiger partial charge on any atom is -0.394 e. The molecule has 0 aromatic rings. The van der Waals surface area contributed by atoms with E-state index in [0.29, 0.717) is 0 Å². The first-order chi connectivity index (χ1) is 68.1. The van der Waals surface area contributed by atoms with Crippen molar-refractivity contribution in [2.45, 2.75) is 403 Å². The normalized spacial score (nSPS) is 50.4. The molecule has 0 aromatic carbocycles. The lowest BCUT2D eigenvalue weighted by Gasteiger charge is -2.51. The second-order valence-corrected chi connectivity index (χ2v) is 36.6. The van der Waals surface area contributed by atoms with Crippen LogP contribution in [0.5, 0.6) is 0 Å². The highest BCUT2D eigenvalue weighted by Gasteiger charge is 2.64. The van der Waals surface area contributed by atoms with Crippen molar-refractivity contribution >= 4 is 23.6 Å². The lowest BCUT2D eigenvalue weighted by molar-refractivity contribution is -0.400. The van der Waals surface area contributed by atoms with Crippen LogP contribution < -0.4 is 21.3 Å². The molecule has 60 atom stereocenters. The number of carbonyl (C=O) groups excluding carboxylic acids is 4. The monoisotopic (exact) mass is 2110 g/mol. The first kappa shape index (κ1) is 118. The smallest absolute Gasteiger partial charge is 0.217 e. The van der Waals surface area contributed by atoms with Gasteiger partial charge in [0.15, 0.2) is 75.5 Å². The van der Waals surface area contributed by atoms with E-state index in [4.69, 9.17) is 109 Å². The zero-order valence-corrected chi connectivity index (χ0v) is 77.2. The van der Waals surface area contributed by atoms with E-state index in [9.17, 15) is 188 Å². The molecule has 0 radical (unpaired) electrons. The molecule has 12 aliphatic rings. The highest BCUT2D eigenvalue weighted by molar-refractivity contribution is 5.74. The van der Waals surface area contributed by atoms with Gasteiger partial charge in [0.2, 0.25) is 23.6 Å². The lowest BCUT2D eigenvalue weighted by Crippen LogP contribution is -2.71. The van der Waals surface area contributed by atoms with E-state index >= 15 is 0 Å². The summed E-state index contributed by atoms with van der Waals surface area (Å²) in [5.41, 5.74) is 0. The Bertz CT molecular complexity index is 3980. The minimum absolute atomic E-state index is 0.874. The average molecular weight is 2110 g/mol. The Morgan fingerprint density at radius 1 is 0.194 bits per heavy atom. The fourth-order valence-electron chi connectivity index (χ4n) is 18.7. The first-order valence-corrected chi connectivity index (χ1v) is 46.0. The summed E-state index contributed by atoms with van der Waals surface area (Å²) < 4.78 is 137. The molecule has 0 spiro atoms. The summed E-state index contributed by atoms with van der Waals surface area (Å²) in [6.45, 7) is -7.77. The zero-order chi connectivity index (χ0) is 106. The summed E-state index contributed by atoms with van der Waals surface area (Å²) in [4.78, 5) is 52.5. The Hall–Kier alpha value is -4.36. The van der Waals surface area contributed by atoms with E-state index in [1.54, 1.807) is 0 Å². The van der Waals surface area contributed by atoms with Gasteiger partial charge in [-0.1, -0.05) is 0 Å². The van der Waals surface area contributed by atoms with Crippen LogP contribution in [0.3, 0.4) is 0 Å². The van der Waals surface area contributed by atoms with Gasteiger partial charge in [0.25, 0.3) is 0 Å². The third kappa shape index (κ3) is 25.8. The molecule has 37 N–H and O–H groups in total. The van der Waals surface area contributed by atoms with Crippen molar-refractivity contribution in [2.24, 2.45) is 0 Å². The van der Waals surface area contributed by atoms with Crippen LogP contribution in [0.15, 0.2) is 0 Å². The van der Waals surface area contributed by atoms with Crippen LogP contribution in [0.1, 0.15) is 34.6 Å². The molecular formula is C80H134N4O60. The number of aliphatic hydroxyl groups is 33. The molecule has 0 saturated carbocycles. The molecule has 834 valence electrons. The third-order valence-electron chi connectivity index (χ3n) is 26.6. The number of aliphatic hydroxyl groups excluding tert-OH is 33. The molecule has 64 heteroatoms. The van der Waals surface area contributed by atoms with Gasteiger partial charge in [-0.15, -0.1) is 0 Å². The molecule has 0 bridgehead atoms. The number of hydrogen-bond acceptors (Lipinski definition) is 60. The van der Waals surface area contributed by atoms with Crippen molar-refractivity contribution in [1.82, 2.24) is 21.3 Å². The standard InChI is InChI=1S/C80H134N4O60/c1-17-37(98)49(110)54(115)73(124-17)122-16-32-63(45(106)33(69(121)125-32)81-18(2)94)136-70-34(82-19(3)95)46(107)62(28(12-91)132-70)139-78-59(120)66(142-80-68(53(114)41(102)25(9-88)131-80)144-72-36(84-21(5)97)48(109)61(30(14-93)134-72)138-77-58(119)65(43(104)27(11-90)129-77)141-75-56(117)51(112)39(100)23(7-86)127-75)44(105)31(135-78)15-123-79-67(52(113)40(101)24(8-87)130-79)143-71-35(83-20(4)96)47(108)60(29(13-92)133-71)137-76-57(118)64(42(103)26(10-89)128-76)140-74-55(116)50(111)38(99)22(6-85)126-74/h17,22-80,85-93,98-121H,6-16H2,1-5H3,(H,81,94)(H,82,95)(H,83,96)(H,84,97)/t17-,22-,23-,24-,25-,26-,27-,28-,29-,30-,31-,32-,33-,34-,35-,36+,37+,38+,39+,40-,41-,42+,43+,44-,45-,46-,47-,48-,49+,50+,51+,52+,53+,54-,55-,56-,57-,58-,59+,60-,61-,62-,63-,64+,65+,66+,67+,68+,69-,70+,71+,72+,73+,74-,75-,76+,77+,78+,79+,80-/m1/s1. The van der Waals surface area contributed by atoms with Crippen molar-refractivity contribution in [2.75, 3.05) is 72.7 Å². The molecule has 12 fully saturated rings. The van der Waals surface area contributed by atoms with E-state index in [-0.39, 0.29) is 0 Å². The SMILES string of the molecule is CC(=O)N[C@@H]1[C@H](O[C@@H]2[C@@H](O[C@@H]3[C@H](O)[C@H](O[C@H]4[C@H](O)[C@@H](NC(C)=O)[C@H](O[C@H]5[C@H](O)[C@@H](NC(C)=O)[C@H](O)O[C@@H]5CO[C@H]5O[C@H](C)[C@H](O)[C@H](O)[C@H]5O)O[C@@H]4CO)O[C@H](CO[C@H]4O[C@H](CO)[C@@H](O)[C@H](O)[C@@H]4O[C@@H]4O[C@H](CO)[C@@H](O[C@@H]5O[C@H](CO)[C@H](O)[C@H](O[C@H]6O[C@H](CO)[C@H](O)[C@H](O)[C@H]6O)[C@H]5O)[C@H](O)[C@H]4NC(C)=O)[C@H]3O)O[C@H](CO)[C@@H](O)[C@@H]2O)O[C@H](CO)[C@@H](O[C@@H]2O[C@H](CO)[C@H](O)[C@H](O[C@H]3O[C@H](CO)[C@H](O)[C@H](O)[C@H]3O)[C@H]2O)[C@@H]1O. The number of amides is 4. The second-order valence-electron chi connectivity index (χ2n) is 36.6. The van der Waals surface area contributed by atoms with Crippen LogP contribution in [-0.4, -0.2) is 633 Å². The van der Waals surface area contributed by atoms with E-state index in [2.05, 4.69) is 21.3 Å². The molecule has 64 nitrogen and oxygen atoms in total. The largest absolute Gasteiger partial charge is 0.394 e. The summed E-state index contributed by atoms with van der Waals surface area (Å²) >= 11 is 0. The lowest BCUT2D eigenvalue weighted by atomic mass is 9.93. The fraction of sp³-hybridized carbons (Fsp3) is 0.950. The van der Waals surface area contributed by atoms with Crippen LogP contribution in [0, 0.1) is 0 Å². The quantitative estimate of drug-likeness (QED) is 0.0275. The molecule has 12 heterocycles. The average Bonchev–Trinajstić information content (AvgIpc) is 0.771. The van der Waals surface area contributed by atoms with Gasteiger partial charge in [-0.25, -0.2) is 0 Å². The highest BCUT2D eigenvalue weighted by atomic mass is 16.8. The predicted molar refractivity (Wildman–Crippen MR) is 440 cm³/mol. The zero-order valence-electron chi connectivity index (χ0n) is 77.2. The van der Waals surface area contributed by atoms with Crippen LogP contribution in [0.4, 0.5) is 0 Å². The Kier molecular flexibility index (Phi) is 42.4.